The molecule has 2 fully saturated rings. The van der Waals surface area contributed by atoms with E-state index in [9.17, 15) is 9.59 Å². The van der Waals surface area contributed by atoms with E-state index in [0.29, 0.717) is 30.8 Å². The Morgan fingerprint density at radius 3 is 2.54 bits per heavy atom. The van der Waals surface area contributed by atoms with E-state index in [0.717, 1.165) is 25.9 Å². The number of nitrogens with one attached hydrogen (secondary N) is 1. The minimum Gasteiger partial charge on any atom is -0.491 e. The molecule has 1 aliphatic heterocycles. The van der Waals surface area contributed by atoms with Crippen molar-refractivity contribution in [3.63, 3.8) is 0 Å². The zero-order valence-corrected chi connectivity index (χ0v) is 13.6. The molecule has 1 saturated carbocycles. The van der Waals surface area contributed by atoms with Gasteiger partial charge in [-0.2, -0.15) is 0 Å². The summed E-state index contributed by atoms with van der Waals surface area (Å²) in [4.78, 5) is 23.3. The summed E-state index contributed by atoms with van der Waals surface area (Å²) in [5, 5.41) is 11.9. The van der Waals surface area contributed by atoms with E-state index in [2.05, 4.69) is 5.32 Å². The summed E-state index contributed by atoms with van der Waals surface area (Å²) < 4.78 is 11.2. The fourth-order valence-electron chi connectivity index (χ4n) is 3.22. The summed E-state index contributed by atoms with van der Waals surface area (Å²) in [5.41, 5.74) is -0.0751. The van der Waals surface area contributed by atoms with Crippen LogP contribution in [-0.4, -0.2) is 41.8 Å². The van der Waals surface area contributed by atoms with Gasteiger partial charge in [0.1, 0.15) is 12.4 Å². The number of carboxylic acid groups (broad SMARTS) is 1. The summed E-state index contributed by atoms with van der Waals surface area (Å²) in [6.07, 6.45) is 4.60. The number of carboxylic acids is 1. The Hall–Kier alpha value is -2.08. The van der Waals surface area contributed by atoms with Crippen molar-refractivity contribution in [2.75, 3.05) is 13.2 Å². The van der Waals surface area contributed by atoms with Crippen LogP contribution >= 0.6 is 0 Å². The lowest BCUT2D eigenvalue weighted by Crippen LogP contribution is -2.54. The van der Waals surface area contributed by atoms with Crippen molar-refractivity contribution in [3.8, 4) is 5.75 Å². The zero-order valence-electron chi connectivity index (χ0n) is 13.6. The van der Waals surface area contributed by atoms with Crippen molar-refractivity contribution in [2.45, 2.75) is 50.2 Å². The van der Waals surface area contributed by atoms with Crippen molar-refractivity contribution in [2.24, 2.45) is 0 Å². The molecule has 0 aromatic heterocycles. The molecule has 2 aliphatic rings. The molecule has 0 bridgehead atoms. The largest absolute Gasteiger partial charge is 0.491 e. The van der Waals surface area contributed by atoms with E-state index in [1.165, 1.54) is 0 Å². The highest BCUT2D eigenvalue weighted by molar-refractivity contribution is 5.95. The lowest BCUT2D eigenvalue weighted by atomic mass is 9.74. The molecule has 1 unspecified atom stereocenters. The Labute approximate surface area is 141 Å². The number of amides is 1. The van der Waals surface area contributed by atoms with Crippen LogP contribution in [0, 0.1) is 0 Å². The molecule has 24 heavy (non-hydrogen) atoms. The lowest BCUT2D eigenvalue weighted by molar-refractivity contribution is -0.139. The number of ether oxygens (including phenoxy) is 2. The predicted octanol–water partition coefficient (Wildman–Crippen LogP) is 2.37. The Morgan fingerprint density at radius 1 is 1.25 bits per heavy atom. The first kappa shape index (κ1) is 16.8. The molecule has 1 atom stereocenters. The first-order valence-electron chi connectivity index (χ1n) is 8.45. The summed E-state index contributed by atoms with van der Waals surface area (Å²) in [7, 11) is 0. The van der Waals surface area contributed by atoms with Crippen molar-refractivity contribution in [1.82, 2.24) is 5.32 Å². The van der Waals surface area contributed by atoms with E-state index < -0.39 is 11.5 Å². The fraction of sp³-hybridized carbons (Fsp3) is 0.556. The van der Waals surface area contributed by atoms with Gasteiger partial charge in [-0.05, 0) is 56.4 Å². The van der Waals surface area contributed by atoms with E-state index in [4.69, 9.17) is 14.6 Å². The molecule has 1 saturated heterocycles. The van der Waals surface area contributed by atoms with Gasteiger partial charge in [0.15, 0.2) is 0 Å². The normalized spacial score (nSPS) is 21.8. The van der Waals surface area contributed by atoms with Gasteiger partial charge >= 0.3 is 5.97 Å². The lowest BCUT2D eigenvalue weighted by Gasteiger charge is -2.41. The molecular weight excluding hydrogens is 310 g/mol. The third kappa shape index (κ3) is 4.06. The summed E-state index contributed by atoms with van der Waals surface area (Å²) in [6.45, 7) is 1.32. The molecule has 1 aliphatic carbocycles. The van der Waals surface area contributed by atoms with Gasteiger partial charge in [0.25, 0.3) is 5.91 Å². The number of hydrogen-bond acceptors (Lipinski definition) is 4. The monoisotopic (exact) mass is 333 g/mol. The smallest absolute Gasteiger partial charge is 0.305 e. The van der Waals surface area contributed by atoms with Crippen LogP contribution in [0.25, 0.3) is 0 Å². The predicted molar refractivity (Wildman–Crippen MR) is 87.2 cm³/mol. The van der Waals surface area contributed by atoms with Gasteiger partial charge in [0.05, 0.1) is 18.1 Å². The Kier molecular flexibility index (Phi) is 5.04. The van der Waals surface area contributed by atoms with Crippen LogP contribution < -0.4 is 10.1 Å². The molecule has 6 nitrogen and oxygen atoms in total. The number of benzene rings is 1. The van der Waals surface area contributed by atoms with Crippen LogP contribution in [0.4, 0.5) is 0 Å². The molecule has 1 amide bonds. The number of aliphatic carboxylic acids is 1. The first-order chi connectivity index (χ1) is 11.6. The second-order valence-electron chi connectivity index (χ2n) is 6.63. The Bertz CT molecular complexity index is 588. The van der Waals surface area contributed by atoms with Gasteiger partial charge < -0.3 is 19.9 Å². The topological polar surface area (TPSA) is 84.9 Å². The number of rotatable bonds is 7. The van der Waals surface area contributed by atoms with Crippen LogP contribution in [-0.2, 0) is 9.53 Å². The van der Waals surface area contributed by atoms with Crippen LogP contribution in [0.3, 0.4) is 0 Å². The summed E-state index contributed by atoms with van der Waals surface area (Å²) in [5.74, 6) is -0.416. The minimum atomic E-state index is -0.882. The second-order valence-corrected chi connectivity index (χ2v) is 6.63. The Morgan fingerprint density at radius 2 is 2.00 bits per heavy atom. The standard InChI is InChI=1S/C18H23NO5/c20-16(21)11-18(8-2-9-18)19-17(22)13-4-6-14(7-5-13)24-12-15-3-1-10-23-15/h4-7,15H,1-3,8-12H2,(H,19,22)(H,20,21). The van der Waals surface area contributed by atoms with Crippen LogP contribution in [0.5, 0.6) is 5.75 Å². The third-order valence-electron chi connectivity index (χ3n) is 4.76. The SMILES string of the molecule is O=C(O)CC1(NC(=O)c2ccc(OCC3CCCO3)cc2)CCC1. The average Bonchev–Trinajstić information content (AvgIpc) is 3.04. The minimum absolute atomic E-state index is 0.0265. The molecular formula is C18H23NO5. The van der Waals surface area contributed by atoms with Crippen molar-refractivity contribution < 1.29 is 24.2 Å². The van der Waals surface area contributed by atoms with Crippen LogP contribution in [0.2, 0.25) is 0 Å². The summed E-state index contributed by atoms with van der Waals surface area (Å²) in [6, 6.07) is 6.92. The van der Waals surface area contributed by atoms with Crippen LogP contribution in [0.15, 0.2) is 24.3 Å². The van der Waals surface area contributed by atoms with Gasteiger partial charge in [-0.3, -0.25) is 9.59 Å². The maximum Gasteiger partial charge on any atom is 0.305 e. The molecule has 1 heterocycles. The van der Waals surface area contributed by atoms with Crippen molar-refractivity contribution in [1.29, 1.82) is 0 Å². The summed E-state index contributed by atoms with van der Waals surface area (Å²) >= 11 is 0. The maximum absolute atomic E-state index is 12.3. The fourth-order valence-corrected chi connectivity index (χ4v) is 3.22. The van der Waals surface area contributed by atoms with Gasteiger partial charge in [-0.25, -0.2) is 0 Å². The zero-order chi connectivity index (χ0) is 17.0. The highest BCUT2D eigenvalue weighted by Gasteiger charge is 2.40. The third-order valence-corrected chi connectivity index (χ3v) is 4.76. The van der Waals surface area contributed by atoms with Gasteiger partial charge in [-0.15, -0.1) is 0 Å². The van der Waals surface area contributed by atoms with E-state index in [1.807, 2.05) is 0 Å². The average molecular weight is 333 g/mol. The van der Waals surface area contributed by atoms with E-state index in [1.54, 1.807) is 24.3 Å². The van der Waals surface area contributed by atoms with Crippen LogP contribution in [0.1, 0.15) is 48.9 Å². The van der Waals surface area contributed by atoms with Crippen molar-refractivity contribution in [3.05, 3.63) is 29.8 Å². The quantitative estimate of drug-likeness (QED) is 0.800. The van der Waals surface area contributed by atoms with Gasteiger partial charge in [-0.1, -0.05) is 0 Å². The molecule has 0 radical (unpaired) electrons. The van der Waals surface area contributed by atoms with Gasteiger partial charge in [0, 0.05) is 12.2 Å². The number of hydrogen-bond donors (Lipinski definition) is 2. The highest BCUT2D eigenvalue weighted by atomic mass is 16.5. The maximum atomic E-state index is 12.3. The molecule has 3 rings (SSSR count). The van der Waals surface area contributed by atoms with Gasteiger partial charge in [0.2, 0.25) is 0 Å². The molecule has 130 valence electrons. The highest BCUT2D eigenvalue weighted by Crippen LogP contribution is 2.35. The molecule has 1 aromatic rings. The molecule has 0 spiro atoms. The van der Waals surface area contributed by atoms with E-state index in [-0.39, 0.29) is 18.4 Å². The van der Waals surface area contributed by atoms with E-state index >= 15 is 0 Å². The number of carbonyl (C=O) groups excluding carboxylic acids is 1. The number of carbonyl (C=O) groups is 2. The molecule has 2 N–H and O–H groups in total. The molecule has 6 heteroatoms. The molecule has 1 aromatic carbocycles. The second kappa shape index (κ2) is 7.21. The first-order valence-corrected chi connectivity index (χ1v) is 8.45. The Balaban J connectivity index is 1.54. The van der Waals surface area contributed by atoms with Crippen molar-refractivity contribution >= 4 is 11.9 Å².